The average Bonchev–Trinajstić information content (AvgIpc) is 2.45. The molecular formula is C14H21Cl3N2O2S. The lowest BCUT2D eigenvalue weighted by molar-refractivity contribution is 0.263. The molecule has 0 saturated carbocycles. The maximum Gasteiger partial charge on any atom is 0.243 e. The van der Waals surface area contributed by atoms with Crippen LogP contribution in [0.2, 0.25) is 10.0 Å². The summed E-state index contributed by atoms with van der Waals surface area (Å²) in [7, 11) is -1.66. The number of hydrogen-bond donors (Lipinski definition) is 1. The van der Waals surface area contributed by atoms with Gasteiger partial charge in [-0.15, -0.1) is 12.4 Å². The number of hydrogen-bond acceptors (Lipinski definition) is 3. The van der Waals surface area contributed by atoms with Crippen molar-refractivity contribution in [1.82, 2.24) is 9.62 Å². The number of sulfonamides is 1. The van der Waals surface area contributed by atoms with E-state index in [2.05, 4.69) is 5.32 Å². The molecule has 1 unspecified atom stereocenters. The van der Waals surface area contributed by atoms with Crippen LogP contribution in [-0.4, -0.2) is 39.4 Å². The summed E-state index contributed by atoms with van der Waals surface area (Å²) < 4.78 is 27.0. The molecule has 1 fully saturated rings. The normalized spacial score (nSPS) is 19.7. The van der Waals surface area contributed by atoms with E-state index in [1.165, 1.54) is 16.4 Å². The molecule has 1 heterocycles. The molecule has 1 atom stereocenters. The monoisotopic (exact) mass is 386 g/mol. The molecule has 4 nitrogen and oxygen atoms in total. The number of halogens is 3. The fraction of sp³-hybridized carbons (Fsp3) is 0.571. The summed E-state index contributed by atoms with van der Waals surface area (Å²) >= 11 is 12.1. The summed E-state index contributed by atoms with van der Waals surface area (Å²) in [4.78, 5) is 0.174. The van der Waals surface area contributed by atoms with Crippen LogP contribution in [0.4, 0.5) is 0 Å². The van der Waals surface area contributed by atoms with Crippen LogP contribution in [-0.2, 0) is 10.0 Å². The molecule has 1 aromatic rings. The molecule has 2 rings (SSSR count). The SMILES string of the molecule is CNCC1CCCN(S(=O)(=O)c2cc(Cl)c(C)c(Cl)c2)C1.Cl. The van der Waals surface area contributed by atoms with E-state index in [1.807, 2.05) is 7.05 Å². The van der Waals surface area contributed by atoms with Crippen LogP contribution in [0.1, 0.15) is 18.4 Å². The Morgan fingerprint density at radius 1 is 1.32 bits per heavy atom. The predicted molar refractivity (Wildman–Crippen MR) is 93.9 cm³/mol. The molecule has 1 aliphatic heterocycles. The van der Waals surface area contributed by atoms with Crippen LogP contribution in [0.5, 0.6) is 0 Å². The number of rotatable bonds is 4. The zero-order valence-electron chi connectivity index (χ0n) is 12.6. The van der Waals surface area contributed by atoms with E-state index in [9.17, 15) is 8.42 Å². The molecule has 0 amide bonds. The fourth-order valence-electron chi connectivity index (χ4n) is 2.62. The van der Waals surface area contributed by atoms with Gasteiger partial charge in [-0.1, -0.05) is 23.2 Å². The van der Waals surface area contributed by atoms with Crippen molar-refractivity contribution in [2.24, 2.45) is 5.92 Å². The third-order valence-corrected chi connectivity index (χ3v) is 6.49. The highest BCUT2D eigenvalue weighted by molar-refractivity contribution is 7.89. The van der Waals surface area contributed by atoms with Gasteiger partial charge in [0.15, 0.2) is 0 Å². The Bertz CT molecular complexity index is 598. The third kappa shape index (κ3) is 4.28. The minimum absolute atomic E-state index is 0. The Morgan fingerprint density at radius 2 is 1.91 bits per heavy atom. The topological polar surface area (TPSA) is 49.4 Å². The summed E-state index contributed by atoms with van der Waals surface area (Å²) in [6, 6.07) is 2.97. The van der Waals surface area contributed by atoms with E-state index in [4.69, 9.17) is 23.2 Å². The van der Waals surface area contributed by atoms with Crippen LogP contribution in [0, 0.1) is 12.8 Å². The molecule has 1 aromatic carbocycles. The van der Waals surface area contributed by atoms with Gasteiger partial charge >= 0.3 is 0 Å². The molecule has 1 N–H and O–H groups in total. The largest absolute Gasteiger partial charge is 0.319 e. The maximum atomic E-state index is 12.7. The minimum atomic E-state index is -3.54. The number of nitrogens with one attached hydrogen (secondary N) is 1. The van der Waals surface area contributed by atoms with Crippen LogP contribution >= 0.6 is 35.6 Å². The van der Waals surface area contributed by atoms with Crippen LogP contribution in [0.3, 0.4) is 0 Å². The highest BCUT2D eigenvalue weighted by Crippen LogP contribution is 2.30. The first-order valence-corrected chi connectivity index (χ1v) is 9.16. The third-order valence-electron chi connectivity index (χ3n) is 3.87. The van der Waals surface area contributed by atoms with E-state index < -0.39 is 10.0 Å². The summed E-state index contributed by atoms with van der Waals surface area (Å²) in [5, 5.41) is 3.87. The van der Waals surface area contributed by atoms with Gasteiger partial charge in [0.2, 0.25) is 10.0 Å². The number of nitrogens with zero attached hydrogens (tertiary/aromatic N) is 1. The first kappa shape index (κ1) is 20.0. The fourth-order valence-corrected chi connectivity index (χ4v) is 4.85. The molecule has 126 valence electrons. The molecule has 0 aliphatic carbocycles. The zero-order chi connectivity index (χ0) is 15.6. The standard InChI is InChI=1S/C14H20Cl2N2O2S.ClH/c1-10-13(15)6-12(7-14(10)16)21(19,20)18-5-3-4-11(9-18)8-17-2;/h6-7,11,17H,3-5,8-9H2,1-2H3;1H. The smallest absolute Gasteiger partial charge is 0.243 e. The van der Waals surface area contributed by atoms with E-state index in [0.29, 0.717) is 34.6 Å². The maximum absolute atomic E-state index is 12.7. The first-order valence-electron chi connectivity index (χ1n) is 6.96. The number of piperidine rings is 1. The summed E-state index contributed by atoms with van der Waals surface area (Å²) in [5.74, 6) is 0.343. The Balaban J connectivity index is 0.00000242. The van der Waals surface area contributed by atoms with Gasteiger partial charge in [-0.2, -0.15) is 4.31 Å². The molecule has 8 heteroatoms. The Morgan fingerprint density at radius 3 is 2.45 bits per heavy atom. The minimum Gasteiger partial charge on any atom is -0.319 e. The number of benzene rings is 1. The molecule has 1 aliphatic rings. The second-order valence-electron chi connectivity index (χ2n) is 5.44. The van der Waals surface area contributed by atoms with Crippen molar-refractivity contribution in [3.05, 3.63) is 27.7 Å². The van der Waals surface area contributed by atoms with Crippen molar-refractivity contribution in [1.29, 1.82) is 0 Å². The Labute approximate surface area is 148 Å². The van der Waals surface area contributed by atoms with E-state index in [-0.39, 0.29) is 17.3 Å². The lowest BCUT2D eigenvalue weighted by Crippen LogP contribution is -2.42. The van der Waals surface area contributed by atoms with Gasteiger partial charge in [0.25, 0.3) is 0 Å². The van der Waals surface area contributed by atoms with Crippen molar-refractivity contribution >= 4 is 45.6 Å². The lowest BCUT2D eigenvalue weighted by Gasteiger charge is -2.32. The molecule has 0 bridgehead atoms. The highest BCUT2D eigenvalue weighted by Gasteiger charge is 2.30. The van der Waals surface area contributed by atoms with E-state index >= 15 is 0 Å². The second kappa shape index (κ2) is 8.18. The average molecular weight is 388 g/mol. The molecular weight excluding hydrogens is 367 g/mol. The zero-order valence-corrected chi connectivity index (χ0v) is 15.7. The first-order chi connectivity index (χ1) is 9.86. The quantitative estimate of drug-likeness (QED) is 0.862. The summed E-state index contributed by atoms with van der Waals surface area (Å²) in [6.07, 6.45) is 1.92. The van der Waals surface area contributed by atoms with Crippen LogP contribution in [0.15, 0.2) is 17.0 Å². The van der Waals surface area contributed by atoms with Gasteiger partial charge in [-0.25, -0.2) is 8.42 Å². The van der Waals surface area contributed by atoms with Gasteiger partial charge < -0.3 is 5.32 Å². The van der Waals surface area contributed by atoms with Crippen LogP contribution < -0.4 is 5.32 Å². The molecule has 0 radical (unpaired) electrons. The van der Waals surface area contributed by atoms with Crippen molar-refractivity contribution in [2.45, 2.75) is 24.7 Å². The molecule has 0 aromatic heterocycles. The molecule has 1 saturated heterocycles. The van der Waals surface area contributed by atoms with Crippen molar-refractivity contribution in [3.8, 4) is 0 Å². The van der Waals surface area contributed by atoms with E-state index in [0.717, 1.165) is 19.4 Å². The van der Waals surface area contributed by atoms with Gasteiger partial charge in [-0.3, -0.25) is 0 Å². The predicted octanol–water partition coefficient (Wildman–Crippen LogP) is 3.34. The Kier molecular flexibility index (Phi) is 7.43. The second-order valence-corrected chi connectivity index (χ2v) is 8.19. The highest BCUT2D eigenvalue weighted by atomic mass is 35.5. The van der Waals surface area contributed by atoms with Crippen molar-refractivity contribution < 1.29 is 8.42 Å². The van der Waals surface area contributed by atoms with Gasteiger partial charge in [0.05, 0.1) is 4.90 Å². The lowest BCUT2D eigenvalue weighted by atomic mass is 10.00. The van der Waals surface area contributed by atoms with Crippen LogP contribution in [0.25, 0.3) is 0 Å². The molecule has 0 spiro atoms. The van der Waals surface area contributed by atoms with Gasteiger partial charge in [-0.05, 0) is 57.0 Å². The Hall–Kier alpha value is -0.0400. The summed E-state index contributed by atoms with van der Waals surface area (Å²) in [6.45, 7) is 3.67. The van der Waals surface area contributed by atoms with E-state index in [1.54, 1.807) is 6.92 Å². The van der Waals surface area contributed by atoms with Crippen molar-refractivity contribution in [2.75, 3.05) is 26.7 Å². The summed E-state index contributed by atoms with van der Waals surface area (Å²) in [5.41, 5.74) is 0.698. The van der Waals surface area contributed by atoms with Crippen molar-refractivity contribution in [3.63, 3.8) is 0 Å². The van der Waals surface area contributed by atoms with Gasteiger partial charge in [0, 0.05) is 23.1 Å². The molecule has 22 heavy (non-hydrogen) atoms. The van der Waals surface area contributed by atoms with Gasteiger partial charge in [0.1, 0.15) is 0 Å².